The van der Waals surface area contributed by atoms with Gasteiger partial charge >= 0.3 is 0 Å². The Hall–Kier alpha value is -2.32. The van der Waals surface area contributed by atoms with E-state index in [0.717, 1.165) is 5.56 Å². The maximum atomic E-state index is 11.6. The molecular weight excluding hydrogens is 244 g/mol. The summed E-state index contributed by atoms with van der Waals surface area (Å²) in [6.45, 7) is 2.91. The third-order valence-electron chi connectivity index (χ3n) is 2.25. The van der Waals surface area contributed by atoms with E-state index in [1.807, 2.05) is 13.0 Å². The molecule has 5 nitrogen and oxygen atoms in total. The molecule has 0 bridgehead atoms. The lowest BCUT2D eigenvalue weighted by Crippen LogP contribution is -2.31. The molecule has 19 heavy (non-hydrogen) atoms. The Labute approximate surface area is 112 Å². The van der Waals surface area contributed by atoms with Gasteiger partial charge in [0.25, 0.3) is 0 Å². The van der Waals surface area contributed by atoms with E-state index < -0.39 is 0 Å². The van der Waals surface area contributed by atoms with Crippen LogP contribution in [0.25, 0.3) is 0 Å². The number of carbonyl (C=O) groups excluding carboxylic acids is 2. The molecule has 0 radical (unpaired) electrons. The summed E-state index contributed by atoms with van der Waals surface area (Å²) in [6, 6.07) is 5.42. The van der Waals surface area contributed by atoms with Crippen LogP contribution in [0.5, 0.6) is 0 Å². The fraction of sp³-hybridized carbons (Fsp3) is 0.286. The van der Waals surface area contributed by atoms with Gasteiger partial charge in [-0.1, -0.05) is 17.9 Å². The molecule has 0 aliphatic rings. The van der Waals surface area contributed by atoms with Crippen molar-refractivity contribution in [3.8, 4) is 11.8 Å². The number of amides is 2. The smallest absolute Gasteiger partial charge is 0.243 e. The van der Waals surface area contributed by atoms with Crippen LogP contribution in [-0.2, 0) is 9.59 Å². The van der Waals surface area contributed by atoms with Crippen LogP contribution in [0, 0.1) is 18.8 Å². The Morgan fingerprint density at radius 2 is 2.11 bits per heavy atom. The molecule has 100 valence electrons. The Morgan fingerprint density at radius 1 is 1.37 bits per heavy atom. The topological polar surface area (TPSA) is 78.4 Å². The van der Waals surface area contributed by atoms with Crippen molar-refractivity contribution in [2.75, 3.05) is 18.5 Å². The number of aliphatic hydroxyl groups excluding tert-OH is 1. The van der Waals surface area contributed by atoms with Crippen molar-refractivity contribution in [1.29, 1.82) is 0 Å². The van der Waals surface area contributed by atoms with Gasteiger partial charge in [-0.15, -0.1) is 0 Å². The minimum Gasteiger partial charge on any atom is -0.384 e. The molecule has 0 saturated heterocycles. The van der Waals surface area contributed by atoms with Gasteiger partial charge in [0.2, 0.25) is 11.8 Å². The van der Waals surface area contributed by atoms with Crippen molar-refractivity contribution in [3.63, 3.8) is 0 Å². The molecule has 0 unspecified atom stereocenters. The molecule has 1 rings (SSSR count). The van der Waals surface area contributed by atoms with Crippen LogP contribution in [0.3, 0.4) is 0 Å². The molecule has 0 spiro atoms. The standard InChI is InChI=1S/C14H16N2O3/c1-10-5-6-12(4-3-7-17)13(8-10)16-14(19)9-15-11(2)18/h5-6,8,17H,7,9H2,1-2H3,(H,15,18)(H,16,19). The summed E-state index contributed by atoms with van der Waals surface area (Å²) in [4.78, 5) is 22.4. The Kier molecular flexibility index (Phi) is 5.58. The first-order chi connectivity index (χ1) is 9.02. The highest BCUT2D eigenvalue weighted by molar-refractivity contribution is 5.95. The average molecular weight is 260 g/mol. The summed E-state index contributed by atoms with van der Waals surface area (Å²) in [5.41, 5.74) is 2.16. The number of carbonyl (C=O) groups is 2. The largest absolute Gasteiger partial charge is 0.384 e. The van der Waals surface area contributed by atoms with Crippen molar-refractivity contribution >= 4 is 17.5 Å². The molecule has 0 aliphatic heterocycles. The highest BCUT2D eigenvalue weighted by atomic mass is 16.2. The zero-order chi connectivity index (χ0) is 14.3. The molecule has 1 aromatic carbocycles. The average Bonchev–Trinajstić information content (AvgIpc) is 2.35. The van der Waals surface area contributed by atoms with Gasteiger partial charge in [0.15, 0.2) is 0 Å². The van der Waals surface area contributed by atoms with Gasteiger partial charge in [-0.3, -0.25) is 9.59 Å². The van der Waals surface area contributed by atoms with Gasteiger partial charge in [0, 0.05) is 12.5 Å². The Balaban J connectivity index is 2.83. The molecule has 0 heterocycles. The zero-order valence-corrected chi connectivity index (χ0v) is 10.9. The van der Waals surface area contributed by atoms with Gasteiger partial charge in [-0.25, -0.2) is 0 Å². The van der Waals surface area contributed by atoms with E-state index in [0.29, 0.717) is 11.3 Å². The molecule has 2 amide bonds. The van der Waals surface area contributed by atoms with E-state index in [9.17, 15) is 9.59 Å². The summed E-state index contributed by atoms with van der Waals surface area (Å²) in [5, 5.41) is 13.8. The maximum Gasteiger partial charge on any atom is 0.243 e. The number of aryl methyl sites for hydroxylation is 1. The number of hydrogen-bond acceptors (Lipinski definition) is 3. The first-order valence-corrected chi connectivity index (χ1v) is 5.77. The lowest BCUT2D eigenvalue weighted by Gasteiger charge is -2.09. The summed E-state index contributed by atoms with van der Waals surface area (Å²) in [6.07, 6.45) is 0. The van der Waals surface area contributed by atoms with Gasteiger partial charge in [-0.05, 0) is 24.6 Å². The number of anilines is 1. The van der Waals surface area contributed by atoms with Gasteiger partial charge in [0.1, 0.15) is 6.61 Å². The second kappa shape index (κ2) is 7.19. The Bertz CT molecular complexity index is 541. The van der Waals surface area contributed by atoms with Gasteiger partial charge in [0.05, 0.1) is 12.2 Å². The van der Waals surface area contributed by atoms with E-state index >= 15 is 0 Å². The van der Waals surface area contributed by atoms with Crippen molar-refractivity contribution < 1.29 is 14.7 Å². The summed E-state index contributed by atoms with van der Waals surface area (Å²) < 4.78 is 0. The quantitative estimate of drug-likeness (QED) is 0.689. The number of nitrogens with one attached hydrogen (secondary N) is 2. The van der Waals surface area contributed by atoms with Crippen molar-refractivity contribution in [3.05, 3.63) is 29.3 Å². The van der Waals surface area contributed by atoms with Crippen LogP contribution >= 0.6 is 0 Å². The van der Waals surface area contributed by atoms with E-state index in [1.54, 1.807) is 12.1 Å². The molecule has 5 heteroatoms. The van der Waals surface area contributed by atoms with Crippen molar-refractivity contribution in [2.45, 2.75) is 13.8 Å². The van der Waals surface area contributed by atoms with Gasteiger partial charge < -0.3 is 15.7 Å². The van der Waals surface area contributed by atoms with E-state index in [1.165, 1.54) is 6.92 Å². The van der Waals surface area contributed by atoms with Crippen LogP contribution in [0.1, 0.15) is 18.1 Å². The third-order valence-corrected chi connectivity index (χ3v) is 2.25. The van der Waals surface area contributed by atoms with Crippen LogP contribution < -0.4 is 10.6 Å². The molecule has 0 aliphatic carbocycles. The van der Waals surface area contributed by atoms with E-state index in [4.69, 9.17) is 5.11 Å². The van der Waals surface area contributed by atoms with E-state index in [-0.39, 0.29) is 25.0 Å². The molecule has 0 fully saturated rings. The minimum absolute atomic E-state index is 0.0872. The van der Waals surface area contributed by atoms with Crippen LogP contribution in [0.4, 0.5) is 5.69 Å². The summed E-state index contributed by atoms with van der Waals surface area (Å²) in [5.74, 6) is 4.70. The number of hydrogen-bond donors (Lipinski definition) is 3. The lowest BCUT2D eigenvalue weighted by molar-refractivity contribution is -0.122. The molecule has 3 N–H and O–H groups in total. The minimum atomic E-state index is -0.326. The normalized spacial score (nSPS) is 9.21. The summed E-state index contributed by atoms with van der Waals surface area (Å²) in [7, 11) is 0. The van der Waals surface area contributed by atoms with Crippen molar-refractivity contribution in [2.24, 2.45) is 0 Å². The molecule has 0 saturated carbocycles. The second-order valence-corrected chi connectivity index (χ2v) is 3.97. The summed E-state index contributed by atoms with van der Waals surface area (Å²) >= 11 is 0. The monoisotopic (exact) mass is 260 g/mol. The predicted octanol–water partition coefficient (Wildman–Crippen LogP) is 0.413. The van der Waals surface area contributed by atoms with Crippen LogP contribution in [-0.4, -0.2) is 30.1 Å². The predicted molar refractivity (Wildman–Crippen MR) is 72.5 cm³/mol. The van der Waals surface area contributed by atoms with Gasteiger partial charge in [-0.2, -0.15) is 0 Å². The SMILES string of the molecule is CC(=O)NCC(=O)Nc1cc(C)ccc1C#CCO. The van der Waals surface area contributed by atoms with Crippen LogP contribution in [0.2, 0.25) is 0 Å². The highest BCUT2D eigenvalue weighted by Gasteiger charge is 2.06. The highest BCUT2D eigenvalue weighted by Crippen LogP contribution is 2.16. The second-order valence-electron chi connectivity index (χ2n) is 3.97. The van der Waals surface area contributed by atoms with Crippen LogP contribution in [0.15, 0.2) is 18.2 Å². The first kappa shape index (κ1) is 14.7. The number of aliphatic hydroxyl groups is 1. The van der Waals surface area contributed by atoms with Crippen molar-refractivity contribution in [1.82, 2.24) is 5.32 Å². The van der Waals surface area contributed by atoms with E-state index in [2.05, 4.69) is 22.5 Å². The fourth-order valence-corrected chi connectivity index (χ4v) is 1.40. The Morgan fingerprint density at radius 3 is 2.74 bits per heavy atom. The molecule has 1 aromatic rings. The third kappa shape index (κ3) is 5.23. The fourth-order valence-electron chi connectivity index (χ4n) is 1.40. The molecule has 0 atom stereocenters. The maximum absolute atomic E-state index is 11.6. The first-order valence-electron chi connectivity index (χ1n) is 5.77. The lowest BCUT2D eigenvalue weighted by atomic mass is 10.1. The zero-order valence-electron chi connectivity index (χ0n) is 10.9. The number of benzene rings is 1. The molecular formula is C14H16N2O3. The molecule has 0 aromatic heterocycles. The number of rotatable bonds is 3.